The zero-order valence-corrected chi connectivity index (χ0v) is 29.1. The predicted octanol–water partition coefficient (Wildman–Crippen LogP) is 1.33. The van der Waals surface area contributed by atoms with Gasteiger partial charge in [-0.25, -0.2) is 4.98 Å². The van der Waals surface area contributed by atoms with Crippen molar-refractivity contribution < 1.29 is 43.2 Å². The second-order valence-corrected chi connectivity index (χ2v) is 13.7. The summed E-state index contributed by atoms with van der Waals surface area (Å²) in [5.41, 5.74) is 14.6. The molecule has 0 radical (unpaired) electrons. The number of aliphatic hydroxyl groups is 1. The number of primary amides is 2. The number of carbonyl (C=O) groups is 4. The molecule has 1 aliphatic heterocycles. The van der Waals surface area contributed by atoms with Crippen molar-refractivity contribution in [3.8, 4) is 10.4 Å². The molecule has 2 heterocycles. The summed E-state index contributed by atoms with van der Waals surface area (Å²) in [6.07, 6.45) is -2.17. The lowest BCUT2D eigenvalue weighted by Gasteiger charge is -2.38. The maximum atomic E-state index is 14.1. The van der Waals surface area contributed by atoms with E-state index >= 15 is 0 Å². The van der Waals surface area contributed by atoms with E-state index in [0.717, 1.165) is 21.7 Å². The number of carbonyl (C=O) groups excluding carboxylic acids is 4. The van der Waals surface area contributed by atoms with Gasteiger partial charge in [0.1, 0.15) is 18.8 Å². The number of aromatic nitrogens is 1. The Morgan fingerprint density at radius 3 is 2.17 bits per heavy atom. The van der Waals surface area contributed by atoms with Gasteiger partial charge in [0.05, 0.1) is 73.8 Å². The van der Waals surface area contributed by atoms with Gasteiger partial charge in [0.15, 0.2) is 0 Å². The first-order chi connectivity index (χ1) is 22.7. The lowest BCUT2D eigenvalue weighted by molar-refractivity contribution is -0.158. The van der Waals surface area contributed by atoms with Gasteiger partial charge in [0.2, 0.25) is 23.6 Å². The summed E-state index contributed by atoms with van der Waals surface area (Å²) in [7, 11) is 0. The molecule has 2 aromatic rings. The first kappa shape index (κ1) is 39.0. The number of rotatable bonds is 19. The van der Waals surface area contributed by atoms with Crippen LogP contribution in [0, 0.1) is 18.3 Å². The lowest BCUT2D eigenvalue weighted by Crippen LogP contribution is -2.55. The van der Waals surface area contributed by atoms with Crippen LogP contribution in [0.3, 0.4) is 0 Å². The standard InChI is InChI=1S/C33H49N5O9S/c1-20(22-6-8-23(9-7-22)29-21(2)36-19-48-29)37-31(42)25-16-24(39)17-38(25)32(43)27(33(3,4)5)28(30(35)41)47-15-14-45-11-10-44-12-13-46-18-26(34)40/h6-9,19-20,24-25,27-28,39H,10-18H2,1-5H3,(H2,34,40)(H2,35,41)(H,37,42)/t20-,24+,25-,27-,28?/m0/s1. The molecule has 1 aliphatic rings. The van der Waals surface area contributed by atoms with Crippen molar-refractivity contribution in [1.29, 1.82) is 0 Å². The van der Waals surface area contributed by atoms with Gasteiger partial charge in [-0.05, 0) is 30.4 Å². The Balaban J connectivity index is 1.59. The molecule has 1 aromatic heterocycles. The zero-order valence-electron chi connectivity index (χ0n) is 28.3. The Labute approximate surface area is 285 Å². The number of hydrogen-bond donors (Lipinski definition) is 4. The molecular weight excluding hydrogens is 642 g/mol. The summed E-state index contributed by atoms with van der Waals surface area (Å²) in [6.45, 7) is 9.98. The second-order valence-electron chi connectivity index (χ2n) is 12.8. The maximum Gasteiger partial charge on any atom is 0.247 e. The Hall–Kier alpha value is -3.47. The summed E-state index contributed by atoms with van der Waals surface area (Å²) >= 11 is 1.56. The maximum absolute atomic E-state index is 14.1. The monoisotopic (exact) mass is 691 g/mol. The van der Waals surface area contributed by atoms with Crippen molar-refractivity contribution in [2.45, 2.75) is 65.3 Å². The van der Waals surface area contributed by atoms with Gasteiger partial charge in [0.25, 0.3) is 0 Å². The van der Waals surface area contributed by atoms with Crippen LogP contribution in [0.25, 0.3) is 10.4 Å². The average Bonchev–Trinajstić information content (AvgIpc) is 3.63. The van der Waals surface area contributed by atoms with Gasteiger partial charge in [-0.3, -0.25) is 19.2 Å². The number of nitrogens with two attached hydrogens (primary N) is 2. The van der Waals surface area contributed by atoms with Gasteiger partial charge in [-0.15, -0.1) is 11.3 Å². The molecule has 6 N–H and O–H groups in total. The van der Waals surface area contributed by atoms with E-state index in [0.29, 0.717) is 0 Å². The Morgan fingerprint density at radius 2 is 1.62 bits per heavy atom. The number of β-amino-alcohol motifs (C(OH)–C–C–N with tert-alkyl or cyclic N) is 1. The number of aryl methyl sites for hydroxylation is 1. The first-order valence-corrected chi connectivity index (χ1v) is 16.8. The summed E-state index contributed by atoms with van der Waals surface area (Å²) in [5.74, 6) is -3.34. The quantitative estimate of drug-likeness (QED) is 0.156. The van der Waals surface area contributed by atoms with E-state index in [1.54, 1.807) is 37.6 Å². The molecule has 3 rings (SSSR count). The molecule has 4 amide bonds. The van der Waals surface area contributed by atoms with Gasteiger partial charge >= 0.3 is 0 Å². The van der Waals surface area contributed by atoms with Crippen molar-refractivity contribution in [2.24, 2.45) is 22.8 Å². The number of benzene rings is 1. The van der Waals surface area contributed by atoms with Crippen molar-refractivity contribution in [1.82, 2.24) is 15.2 Å². The third kappa shape index (κ3) is 11.3. The Kier molecular flexibility index (Phi) is 14.9. The first-order valence-electron chi connectivity index (χ1n) is 15.9. The molecule has 0 bridgehead atoms. The lowest BCUT2D eigenvalue weighted by atomic mass is 9.76. The molecule has 0 aliphatic carbocycles. The molecule has 1 saturated heterocycles. The fourth-order valence-electron chi connectivity index (χ4n) is 5.52. The van der Waals surface area contributed by atoms with Crippen LogP contribution in [0.15, 0.2) is 29.8 Å². The van der Waals surface area contributed by atoms with Crippen LogP contribution in [0.5, 0.6) is 0 Å². The number of aliphatic hydroxyl groups excluding tert-OH is 1. The normalized spacial score (nSPS) is 18.3. The predicted molar refractivity (Wildman–Crippen MR) is 179 cm³/mol. The number of ether oxygens (including phenoxy) is 4. The highest BCUT2D eigenvalue weighted by atomic mass is 32.1. The van der Waals surface area contributed by atoms with E-state index in [1.807, 2.05) is 38.1 Å². The second kappa shape index (κ2) is 18.3. The number of likely N-dealkylation sites (tertiary alicyclic amines) is 1. The minimum absolute atomic E-state index is 0.0272. The minimum Gasteiger partial charge on any atom is -0.391 e. The third-order valence-corrected chi connectivity index (χ3v) is 8.92. The molecule has 5 atom stereocenters. The molecular formula is C33H49N5O9S. The van der Waals surface area contributed by atoms with Crippen molar-refractivity contribution in [3.63, 3.8) is 0 Å². The fraction of sp³-hybridized carbons (Fsp3) is 0.606. The number of hydrogen-bond acceptors (Lipinski definition) is 11. The molecule has 266 valence electrons. The molecule has 0 spiro atoms. The summed E-state index contributed by atoms with van der Waals surface area (Å²) < 4.78 is 21.7. The minimum atomic E-state index is -1.30. The van der Waals surface area contributed by atoms with E-state index in [-0.39, 0.29) is 65.3 Å². The van der Waals surface area contributed by atoms with E-state index in [9.17, 15) is 24.3 Å². The highest BCUT2D eigenvalue weighted by molar-refractivity contribution is 7.13. The van der Waals surface area contributed by atoms with Crippen LogP contribution in [-0.2, 0) is 38.1 Å². The zero-order chi connectivity index (χ0) is 35.4. The SMILES string of the molecule is Cc1ncsc1-c1ccc([C@H](C)NC(=O)[C@@H]2C[C@@H](O)CN2C(=O)[C@H](C(OCCOCCOCCOCC(N)=O)C(N)=O)C(C)(C)C)cc1. The van der Waals surface area contributed by atoms with E-state index < -0.39 is 53.2 Å². The van der Waals surface area contributed by atoms with E-state index in [4.69, 9.17) is 30.4 Å². The van der Waals surface area contributed by atoms with E-state index in [1.165, 1.54) is 4.90 Å². The molecule has 1 unspecified atom stereocenters. The van der Waals surface area contributed by atoms with Gasteiger partial charge in [-0.1, -0.05) is 45.0 Å². The van der Waals surface area contributed by atoms with Crippen LogP contribution in [0.4, 0.5) is 0 Å². The molecule has 1 fully saturated rings. The number of nitrogens with zero attached hydrogens (tertiary/aromatic N) is 2. The van der Waals surface area contributed by atoms with Gasteiger partial charge < -0.3 is 45.7 Å². The van der Waals surface area contributed by atoms with Crippen LogP contribution in [-0.4, -0.2) is 110 Å². The largest absolute Gasteiger partial charge is 0.391 e. The molecule has 1 aromatic carbocycles. The highest BCUT2D eigenvalue weighted by Gasteiger charge is 2.48. The topological polar surface area (TPSA) is 206 Å². The average molecular weight is 692 g/mol. The molecule has 14 nitrogen and oxygen atoms in total. The summed E-state index contributed by atoms with van der Waals surface area (Å²) in [4.78, 5) is 57.7. The van der Waals surface area contributed by atoms with E-state index in [2.05, 4.69) is 10.3 Å². The number of amides is 4. The van der Waals surface area contributed by atoms with Gasteiger partial charge in [-0.2, -0.15) is 0 Å². The smallest absolute Gasteiger partial charge is 0.247 e. The molecule has 0 saturated carbocycles. The molecule has 48 heavy (non-hydrogen) atoms. The van der Waals surface area contributed by atoms with Crippen LogP contribution in [0.2, 0.25) is 0 Å². The van der Waals surface area contributed by atoms with Crippen LogP contribution >= 0.6 is 11.3 Å². The number of thiazole rings is 1. The summed E-state index contributed by atoms with van der Waals surface area (Å²) in [6, 6.07) is 6.53. The fourth-order valence-corrected chi connectivity index (χ4v) is 6.33. The Morgan fingerprint density at radius 1 is 1.02 bits per heavy atom. The molecule has 15 heteroatoms. The van der Waals surface area contributed by atoms with Crippen LogP contribution in [0.1, 0.15) is 51.4 Å². The van der Waals surface area contributed by atoms with Crippen molar-refractivity contribution >= 4 is 35.0 Å². The Bertz CT molecular complexity index is 1360. The van der Waals surface area contributed by atoms with Crippen molar-refractivity contribution in [2.75, 3.05) is 52.8 Å². The van der Waals surface area contributed by atoms with Crippen molar-refractivity contribution in [3.05, 3.63) is 41.0 Å². The third-order valence-electron chi connectivity index (χ3n) is 7.94. The highest BCUT2D eigenvalue weighted by Crippen LogP contribution is 2.35. The van der Waals surface area contributed by atoms with Gasteiger partial charge in [0, 0.05) is 13.0 Å². The number of nitrogens with one attached hydrogen (secondary N) is 1. The summed E-state index contributed by atoms with van der Waals surface area (Å²) in [5, 5.41) is 13.6. The van der Waals surface area contributed by atoms with Crippen LogP contribution < -0.4 is 16.8 Å².